The monoisotopic (exact) mass is 245 g/mol. The number of nitrogens with two attached hydrogens (primary N) is 1. The summed E-state index contributed by atoms with van der Waals surface area (Å²) in [7, 11) is 0. The summed E-state index contributed by atoms with van der Waals surface area (Å²) in [6, 6.07) is 7.16. The Morgan fingerprint density at radius 2 is 1.89 bits per heavy atom. The molecule has 0 aliphatic heterocycles. The van der Waals surface area contributed by atoms with Crippen molar-refractivity contribution in [3.8, 4) is 0 Å². The fourth-order valence-electron chi connectivity index (χ4n) is 2.15. The van der Waals surface area contributed by atoms with Crippen molar-refractivity contribution in [2.24, 2.45) is 0 Å². The van der Waals surface area contributed by atoms with Crippen LogP contribution in [0, 0.1) is 0 Å². The van der Waals surface area contributed by atoms with Gasteiger partial charge in [0, 0.05) is 11.5 Å². The van der Waals surface area contributed by atoms with Gasteiger partial charge in [-0.25, -0.2) is 4.79 Å². The first-order chi connectivity index (χ1) is 8.72. The van der Waals surface area contributed by atoms with Crippen LogP contribution in [0.2, 0.25) is 0 Å². The molecule has 0 radical (unpaired) electrons. The molecule has 0 unspecified atom stereocenters. The lowest BCUT2D eigenvalue weighted by atomic mass is 10.0. The van der Waals surface area contributed by atoms with Gasteiger partial charge < -0.3 is 10.2 Å². The first kappa shape index (κ1) is 12.7. The standard InChI is InChI=1S/C15H19NO2/c1-2-3-4-5-6-11-7-8-12-9-10-13(17)18-15(12)14(11)16/h7-10H,2-6,16H2,1H3. The Morgan fingerprint density at radius 3 is 2.67 bits per heavy atom. The molecule has 0 atom stereocenters. The Morgan fingerprint density at radius 1 is 1.11 bits per heavy atom. The van der Waals surface area contributed by atoms with Crippen LogP contribution in [0.4, 0.5) is 5.69 Å². The van der Waals surface area contributed by atoms with E-state index in [4.69, 9.17) is 10.2 Å². The van der Waals surface area contributed by atoms with Crippen LogP contribution in [0.15, 0.2) is 33.5 Å². The summed E-state index contributed by atoms with van der Waals surface area (Å²) in [6.07, 6.45) is 5.76. The molecule has 3 heteroatoms. The molecule has 3 nitrogen and oxygen atoms in total. The number of benzene rings is 1. The third-order valence-corrected chi connectivity index (χ3v) is 3.22. The van der Waals surface area contributed by atoms with Crippen molar-refractivity contribution in [3.05, 3.63) is 40.2 Å². The van der Waals surface area contributed by atoms with E-state index in [0.717, 1.165) is 23.8 Å². The minimum atomic E-state index is -0.350. The molecule has 1 aromatic heterocycles. The molecule has 2 rings (SSSR count). The zero-order chi connectivity index (χ0) is 13.0. The van der Waals surface area contributed by atoms with E-state index in [-0.39, 0.29) is 5.63 Å². The van der Waals surface area contributed by atoms with E-state index in [1.807, 2.05) is 12.1 Å². The predicted octanol–water partition coefficient (Wildman–Crippen LogP) is 3.50. The van der Waals surface area contributed by atoms with Crippen molar-refractivity contribution < 1.29 is 4.42 Å². The number of hydrogen-bond acceptors (Lipinski definition) is 3. The van der Waals surface area contributed by atoms with Gasteiger partial charge in [-0.15, -0.1) is 0 Å². The van der Waals surface area contributed by atoms with Crippen molar-refractivity contribution in [1.29, 1.82) is 0 Å². The van der Waals surface area contributed by atoms with Gasteiger partial charge in [0.2, 0.25) is 0 Å². The summed E-state index contributed by atoms with van der Waals surface area (Å²) in [6.45, 7) is 2.19. The largest absolute Gasteiger partial charge is 0.420 e. The number of unbranched alkanes of at least 4 members (excludes halogenated alkanes) is 3. The lowest BCUT2D eigenvalue weighted by molar-refractivity contribution is 0.561. The third-order valence-electron chi connectivity index (χ3n) is 3.22. The quantitative estimate of drug-likeness (QED) is 0.498. The second kappa shape index (κ2) is 5.71. The summed E-state index contributed by atoms with van der Waals surface area (Å²) in [4.78, 5) is 11.2. The second-order valence-electron chi connectivity index (χ2n) is 4.62. The summed E-state index contributed by atoms with van der Waals surface area (Å²) < 4.78 is 5.18. The summed E-state index contributed by atoms with van der Waals surface area (Å²) in [5.74, 6) is 0. The van der Waals surface area contributed by atoms with Crippen LogP contribution in [0.3, 0.4) is 0 Å². The Labute approximate surface area is 107 Å². The van der Waals surface area contributed by atoms with Gasteiger partial charge in [-0.2, -0.15) is 0 Å². The molecule has 1 heterocycles. The van der Waals surface area contributed by atoms with Crippen molar-refractivity contribution in [2.75, 3.05) is 5.73 Å². The summed E-state index contributed by atoms with van der Waals surface area (Å²) in [5.41, 5.74) is 7.93. The van der Waals surface area contributed by atoms with E-state index in [2.05, 4.69) is 6.92 Å². The van der Waals surface area contributed by atoms with Crippen LogP contribution in [0.1, 0.15) is 38.2 Å². The average Bonchev–Trinajstić information content (AvgIpc) is 2.38. The Hall–Kier alpha value is -1.77. The Kier molecular flexibility index (Phi) is 4.03. The molecule has 0 amide bonds. The van der Waals surface area contributed by atoms with E-state index in [1.165, 1.54) is 25.3 Å². The highest BCUT2D eigenvalue weighted by atomic mass is 16.4. The van der Waals surface area contributed by atoms with Crippen LogP contribution < -0.4 is 11.4 Å². The first-order valence-electron chi connectivity index (χ1n) is 6.53. The van der Waals surface area contributed by atoms with Crippen molar-refractivity contribution in [1.82, 2.24) is 0 Å². The number of fused-ring (bicyclic) bond motifs is 1. The summed E-state index contributed by atoms with van der Waals surface area (Å²) in [5, 5.41) is 0.879. The molecule has 0 saturated heterocycles. The maximum absolute atomic E-state index is 11.2. The number of anilines is 1. The van der Waals surface area contributed by atoms with Crippen molar-refractivity contribution in [3.63, 3.8) is 0 Å². The molecule has 0 aliphatic carbocycles. The van der Waals surface area contributed by atoms with E-state index < -0.39 is 0 Å². The van der Waals surface area contributed by atoms with Crippen molar-refractivity contribution >= 4 is 16.7 Å². The van der Waals surface area contributed by atoms with Crippen LogP contribution in [0.25, 0.3) is 11.0 Å². The van der Waals surface area contributed by atoms with E-state index in [0.29, 0.717) is 11.3 Å². The van der Waals surface area contributed by atoms with E-state index >= 15 is 0 Å². The minimum absolute atomic E-state index is 0.350. The smallest absolute Gasteiger partial charge is 0.336 e. The predicted molar refractivity (Wildman–Crippen MR) is 74.7 cm³/mol. The molecule has 0 saturated carbocycles. The second-order valence-corrected chi connectivity index (χ2v) is 4.62. The summed E-state index contributed by atoms with van der Waals surface area (Å²) >= 11 is 0. The Bertz CT molecular complexity index is 587. The van der Waals surface area contributed by atoms with Crippen LogP contribution in [-0.2, 0) is 6.42 Å². The molecule has 2 N–H and O–H groups in total. The van der Waals surface area contributed by atoms with Gasteiger partial charge in [0.1, 0.15) is 0 Å². The SMILES string of the molecule is CCCCCCc1ccc2ccc(=O)oc2c1N. The number of hydrogen-bond donors (Lipinski definition) is 1. The van der Waals surface area contributed by atoms with Gasteiger partial charge in [-0.3, -0.25) is 0 Å². The van der Waals surface area contributed by atoms with E-state index in [9.17, 15) is 4.79 Å². The molecule has 0 aliphatic rings. The van der Waals surface area contributed by atoms with Gasteiger partial charge in [0.05, 0.1) is 5.69 Å². The zero-order valence-corrected chi connectivity index (χ0v) is 10.7. The molecule has 0 spiro atoms. The zero-order valence-electron chi connectivity index (χ0n) is 10.7. The molecular weight excluding hydrogens is 226 g/mol. The maximum atomic E-state index is 11.2. The fraction of sp³-hybridized carbons (Fsp3) is 0.400. The van der Waals surface area contributed by atoms with Gasteiger partial charge >= 0.3 is 5.63 Å². The molecule has 18 heavy (non-hydrogen) atoms. The Balaban J connectivity index is 2.24. The van der Waals surface area contributed by atoms with Crippen molar-refractivity contribution in [2.45, 2.75) is 39.0 Å². The lowest BCUT2D eigenvalue weighted by Gasteiger charge is -2.07. The number of nitrogen functional groups attached to an aromatic ring is 1. The molecule has 0 fully saturated rings. The number of rotatable bonds is 5. The molecule has 2 aromatic rings. The van der Waals surface area contributed by atoms with Crippen LogP contribution in [-0.4, -0.2) is 0 Å². The maximum Gasteiger partial charge on any atom is 0.336 e. The lowest BCUT2D eigenvalue weighted by Crippen LogP contribution is -2.00. The highest BCUT2D eigenvalue weighted by Gasteiger charge is 2.06. The highest BCUT2D eigenvalue weighted by Crippen LogP contribution is 2.25. The molecule has 96 valence electrons. The molecular formula is C15H19NO2. The number of aryl methyl sites for hydroxylation is 1. The highest BCUT2D eigenvalue weighted by molar-refractivity contribution is 5.89. The minimum Gasteiger partial charge on any atom is -0.420 e. The van der Waals surface area contributed by atoms with E-state index in [1.54, 1.807) is 6.07 Å². The third kappa shape index (κ3) is 2.73. The van der Waals surface area contributed by atoms with Crippen LogP contribution >= 0.6 is 0 Å². The first-order valence-corrected chi connectivity index (χ1v) is 6.53. The van der Waals surface area contributed by atoms with Gasteiger partial charge in [-0.1, -0.05) is 38.3 Å². The van der Waals surface area contributed by atoms with Crippen LogP contribution in [0.5, 0.6) is 0 Å². The normalized spacial score (nSPS) is 10.9. The topological polar surface area (TPSA) is 56.2 Å². The average molecular weight is 245 g/mol. The molecule has 0 bridgehead atoms. The van der Waals surface area contributed by atoms with Gasteiger partial charge in [-0.05, 0) is 24.5 Å². The fourth-order valence-corrected chi connectivity index (χ4v) is 2.15. The molecule has 1 aromatic carbocycles. The van der Waals surface area contributed by atoms with Gasteiger partial charge in [0.15, 0.2) is 5.58 Å². The van der Waals surface area contributed by atoms with Gasteiger partial charge in [0.25, 0.3) is 0 Å².